The summed E-state index contributed by atoms with van der Waals surface area (Å²) in [5, 5.41) is 4.67. The number of rotatable bonds is 7. The van der Waals surface area contributed by atoms with Gasteiger partial charge in [-0.2, -0.15) is 9.97 Å². The number of pyridine rings is 2. The zero-order chi connectivity index (χ0) is 37.7. The van der Waals surface area contributed by atoms with Crippen molar-refractivity contribution in [1.82, 2.24) is 29.1 Å². The van der Waals surface area contributed by atoms with Crippen LogP contribution in [-0.2, 0) is 0 Å². The van der Waals surface area contributed by atoms with Gasteiger partial charge in [0.25, 0.3) is 0 Å². The van der Waals surface area contributed by atoms with Gasteiger partial charge in [0.15, 0.2) is 0 Å². The van der Waals surface area contributed by atoms with E-state index in [-0.39, 0.29) is 0 Å². The normalized spacial score (nSPS) is 11.5. The Balaban J connectivity index is 1.19. The first-order valence-corrected chi connectivity index (χ1v) is 19.0. The number of anilines is 3. The first-order valence-electron chi connectivity index (χ1n) is 19.0. The summed E-state index contributed by atoms with van der Waals surface area (Å²) in [4.78, 5) is 21.6. The molecule has 7 heteroatoms. The van der Waals surface area contributed by atoms with Gasteiger partial charge >= 0.3 is 0 Å². The van der Waals surface area contributed by atoms with E-state index < -0.39 is 0 Å². The van der Waals surface area contributed by atoms with Crippen molar-refractivity contribution < 1.29 is 0 Å². The van der Waals surface area contributed by atoms with E-state index in [9.17, 15) is 0 Å². The van der Waals surface area contributed by atoms with E-state index in [0.717, 1.165) is 67.3 Å². The molecule has 0 aliphatic heterocycles. The Labute approximate surface area is 328 Å². The molecule has 6 aromatic carbocycles. The maximum Gasteiger partial charge on any atom is 0.238 e. The lowest BCUT2D eigenvalue weighted by molar-refractivity contribution is 0.967. The Morgan fingerprint density at radius 3 is 1.00 bits per heavy atom. The van der Waals surface area contributed by atoms with Crippen LogP contribution in [0.15, 0.2) is 201 Å². The van der Waals surface area contributed by atoms with Gasteiger partial charge in [-0.05, 0) is 95.1 Å². The van der Waals surface area contributed by atoms with Gasteiger partial charge in [-0.15, -0.1) is 0 Å². The van der Waals surface area contributed by atoms with Crippen molar-refractivity contribution >= 4 is 60.9 Å². The Morgan fingerprint density at radius 2 is 0.649 bits per heavy atom. The molecule has 0 spiro atoms. The molecule has 0 bridgehead atoms. The fraction of sp³-hybridized carbons (Fsp3) is 0. The van der Waals surface area contributed by atoms with Crippen molar-refractivity contribution in [3.05, 3.63) is 201 Å². The van der Waals surface area contributed by atoms with Crippen LogP contribution >= 0.6 is 0 Å². The number of para-hydroxylation sites is 4. The van der Waals surface area contributed by atoms with Crippen LogP contribution in [0.5, 0.6) is 0 Å². The fourth-order valence-electron chi connectivity index (χ4n) is 8.15. The molecule has 5 heterocycles. The first-order chi connectivity index (χ1) is 28.3. The van der Waals surface area contributed by atoms with Crippen LogP contribution in [-0.4, -0.2) is 29.1 Å². The largest absolute Gasteiger partial charge is 0.294 e. The Hall–Kier alpha value is -7.90. The number of aromatic nitrogens is 6. The van der Waals surface area contributed by atoms with Gasteiger partial charge in [0.1, 0.15) is 11.6 Å². The molecule has 0 amide bonds. The lowest BCUT2D eigenvalue weighted by Gasteiger charge is -2.25. The third-order valence-electron chi connectivity index (χ3n) is 10.8. The third-order valence-corrected chi connectivity index (χ3v) is 10.8. The predicted molar refractivity (Wildman–Crippen MR) is 232 cm³/mol. The van der Waals surface area contributed by atoms with Crippen LogP contribution in [0.2, 0.25) is 0 Å². The SMILES string of the molecule is c1ccc2c(c1)c1ccccc1n2-c1cc(-n2c3ccccc3c3ccccc32)nc(N(c2ccc(-c3ccncc3)cc2)c2ccc(-c3ccncc3)cc2)n1. The van der Waals surface area contributed by atoms with Gasteiger partial charge in [-0.3, -0.25) is 24.0 Å². The predicted octanol–water partition coefficient (Wildman–Crippen LogP) is 12.3. The quantitative estimate of drug-likeness (QED) is 0.163. The smallest absolute Gasteiger partial charge is 0.238 e. The van der Waals surface area contributed by atoms with E-state index in [2.05, 4.69) is 176 Å². The Kier molecular flexibility index (Phi) is 7.67. The van der Waals surface area contributed by atoms with Crippen molar-refractivity contribution in [2.75, 3.05) is 4.90 Å². The van der Waals surface area contributed by atoms with Crippen molar-refractivity contribution in [1.29, 1.82) is 0 Å². The zero-order valence-electron chi connectivity index (χ0n) is 30.7. The lowest BCUT2D eigenvalue weighted by Crippen LogP contribution is -2.16. The summed E-state index contributed by atoms with van der Waals surface area (Å²) in [5.41, 5.74) is 10.6. The fourth-order valence-corrected chi connectivity index (χ4v) is 8.15. The van der Waals surface area contributed by atoms with Gasteiger partial charge in [0.05, 0.1) is 22.1 Å². The maximum atomic E-state index is 5.51. The average Bonchev–Trinajstić information content (AvgIpc) is 3.81. The number of benzene rings is 6. The Bertz CT molecular complexity index is 2900. The van der Waals surface area contributed by atoms with Crippen molar-refractivity contribution in [3.63, 3.8) is 0 Å². The summed E-state index contributed by atoms with van der Waals surface area (Å²) >= 11 is 0. The zero-order valence-corrected chi connectivity index (χ0v) is 30.7. The molecule has 7 nitrogen and oxygen atoms in total. The van der Waals surface area contributed by atoms with E-state index >= 15 is 0 Å². The van der Waals surface area contributed by atoms with E-state index in [1.807, 2.05) is 49.1 Å². The van der Waals surface area contributed by atoms with Crippen molar-refractivity contribution in [2.45, 2.75) is 0 Å². The second-order valence-corrected chi connectivity index (χ2v) is 14.0. The van der Waals surface area contributed by atoms with Crippen molar-refractivity contribution in [3.8, 4) is 33.9 Å². The van der Waals surface area contributed by atoms with Gasteiger partial charge < -0.3 is 0 Å². The summed E-state index contributed by atoms with van der Waals surface area (Å²) in [5.74, 6) is 2.07. The standard InChI is InChI=1S/C50H33N7/c1-5-13-44-40(9-1)41-10-2-6-14-45(41)56(44)48-33-49(57-46-15-7-3-11-42(46)43-12-4-8-16-47(43)57)54-50(53-48)55(38-21-17-34(18-22-38)36-25-29-51-30-26-36)39-23-19-35(20-24-39)37-27-31-52-32-28-37/h1-33H. The molecule has 11 rings (SSSR count). The van der Waals surface area contributed by atoms with Gasteiger partial charge in [-0.1, -0.05) is 97.1 Å². The summed E-state index contributed by atoms with van der Waals surface area (Å²) in [6, 6.07) is 61.6. The summed E-state index contributed by atoms with van der Waals surface area (Å²) in [7, 11) is 0. The maximum absolute atomic E-state index is 5.51. The molecule has 57 heavy (non-hydrogen) atoms. The average molecular weight is 732 g/mol. The minimum Gasteiger partial charge on any atom is -0.294 e. The summed E-state index contributed by atoms with van der Waals surface area (Å²) < 4.78 is 4.54. The lowest BCUT2D eigenvalue weighted by atomic mass is 10.1. The second kappa shape index (κ2) is 13.4. The molecular weight excluding hydrogens is 699 g/mol. The van der Waals surface area contributed by atoms with Crippen molar-refractivity contribution in [2.24, 2.45) is 0 Å². The second-order valence-electron chi connectivity index (χ2n) is 14.0. The van der Waals surface area contributed by atoms with Gasteiger partial charge in [0, 0.05) is 63.8 Å². The van der Waals surface area contributed by atoms with E-state index in [0.29, 0.717) is 5.95 Å². The molecule has 0 N–H and O–H groups in total. The summed E-state index contributed by atoms with van der Waals surface area (Å²) in [6.07, 6.45) is 7.29. The summed E-state index contributed by atoms with van der Waals surface area (Å²) in [6.45, 7) is 0. The molecule has 0 aliphatic rings. The number of fused-ring (bicyclic) bond motifs is 6. The van der Waals surface area contributed by atoms with E-state index in [1.54, 1.807) is 0 Å². The Morgan fingerprint density at radius 1 is 0.333 bits per heavy atom. The molecule has 0 unspecified atom stereocenters. The molecule has 0 saturated heterocycles. The first kappa shape index (κ1) is 32.5. The molecule has 0 atom stereocenters. The molecule has 268 valence electrons. The van der Waals surface area contributed by atoms with Crippen LogP contribution in [0.25, 0.3) is 77.5 Å². The molecule has 0 radical (unpaired) electrons. The highest BCUT2D eigenvalue weighted by Gasteiger charge is 2.23. The topological polar surface area (TPSA) is 64.7 Å². The highest BCUT2D eigenvalue weighted by atomic mass is 15.3. The van der Waals surface area contributed by atoms with Gasteiger partial charge in [0.2, 0.25) is 5.95 Å². The highest BCUT2D eigenvalue weighted by molar-refractivity contribution is 6.10. The third kappa shape index (κ3) is 5.52. The van der Waals surface area contributed by atoms with Crippen LogP contribution in [0.4, 0.5) is 17.3 Å². The van der Waals surface area contributed by atoms with E-state index in [1.165, 1.54) is 21.5 Å². The van der Waals surface area contributed by atoms with Crippen LogP contribution in [0.1, 0.15) is 0 Å². The van der Waals surface area contributed by atoms with Crippen LogP contribution in [0.3, 0.4) is 0 Å². The molecule has 11 aromatic rings. The minimum absolute atomic E-state index is 0.541. The molecule has 0 fully saturated rings. The minimum atomic E-state index is 0.541. The highest BCUT2D eigenvalue weighted by Crippen LogP contribution is 2.39. The molecular formula is C50H33N7. The molecule has 0 saturated carbocycles. The van der Waals surface area contributed by atoms with Gasteiger partial charge in [-0.25, -0.2) is 0 Å². The molecule has 5 aromatic heterocycles. The number of nitrogens with zero attached hydrogens (tertiary/aromatic N) is 7. The van der Waals surface area contributed by atoms with Crippen LogP contribution in [0, 0.1) is 0 Å². The number of hydrogen-bond donors (Lipinski definition) is 0. The monoisotopic (exact) mass is 731 g/mol. The van der Waals surface area contributed by atoms with E-state index in [4.69, 9.17) is 9.97 Å². The molecule has 0 aliphatic carbocycles. The van der Waals surface area contributed by atoms with Crippen LogP contribution < -0.4 is 4.90 Å². The number of hydrogen-bond acceptors (Lipinski definition) is 5.